The van der Waals surface area contributed by atoms with Gasteiger partial charge in [-0.05, 0) is 24.3 Å². The van der Waals surface area contributed by atoms with Crippen LogP contribution in [0, 0.1) is 11.8 Å². The van der Waals surface area contributed by atoms with Gasteiger partial charge >= 0.3 is 0 Å². The van der Waals surface area contributed by atoms with Gasteiger partial charge in [0.1, 0.15) is 0 Å². The quantitative estimate of drug-likeness (QED) is 0.657. The van der Waals surface area contributed by atoms with Crippen molar-refractivity contribution >= 4 is 0 Å². The Kier molecular flexibility index (Phi) is 2.53. The molecular formula is C13H16F2. The number of aryl methyl sites for hydroxylation is 1. The Balaban J connectivity index is 2.44. The van der Waals surface area contributed by atoms with Gasteiger partial charge in [0.25, 0.3) is 5.92 Å². The maximum Gasteiger partial charge on any atom is 0.276 e. The van der Waals surface area contributed by atoms with Crippen molar-refractivity contribution in [2.45, 2.75) is 32.6 Å². The summed E-state index contributed by atoms with van der Waals surface area (Å²) in [6.07, 6.45) is 1.39. The summed E-state index contributed by atoms with van der Waals surface area (Å²) in [6.45, 7) is 3.76. The minimum absolute atomic E-state index is 0.0355. The lowest BCUT2D eigenvalue weighted by molar-refractivity contribution is -0.0923. The Labute approximate surface area is 89.3 Å². The molecule has 1 aliphatic rings. The smallest absolute Gasteiger partial charge is 0.201 e. The Hall–Kier alpha value is -0.920. The summed E-state index contributed by atoms with van der Waals surface area (Å²) >= 11 is 0. The summed E-state index contributed by atoms with van der Waals surface area (Å²) in [4.78, 5) is 0. The second-order valence-corrected chi connectivity index (χ2v) is 4.67. The number of fused-ring (bicyclic) bond motifs is 1. The van der Waals surface area contributed by atoms with Gasteiger partial charge in [-0.15, -0.1) is 0 Å². The predicted molar refractivity (Wildman–Crippen MR) is 57.0 cm³/mol. The van der Waals surface area contributed by atoms with E-state index in [1.54, 1.807) is 12.1 Å². The fourth-order valence-electron chi connectivity index (χ4n) is 2.51. The van der Waals surface area contributed by atoms with E-state index < -0.39 is 11.8 Å². The number of rotatable bonds is 1. The van der Waals surface area contributed by atoms with Crippen molar-refractivity contribution in [2.75, 3.05) is 0 Å². The molecule has 0 fully saturated rings. The Morgan fingerprint density at radius 2 is 1.93 bits per heavy atom. The van der Waals surface area contributed by atoms with E-state index in [2.05, 4.69) is 0 Å². The molecule has 0 amide bonds. The molecule has 0 radical (unpaired) electrons. The zero-order valence-electron chi connectivity index (χ0n) is 9.13. The van der Waals surface area contributed by atoms with E-state index in [4.69, 9.17) is 0 Å². The van der Waals surface area contributed by atoms with Crippen molar-refractivity contribution in [2.24, 2.45) is 11.8 Å². The Morgan fingerprint density at radius 1 is 1.27 bits per heavy atom. The fourth-order valence-corrected chi connectivity index (χ4v) is 2.51. The Morgan fingerprint density at radius 3 is 2.60 bits per heavy atom. The number of benzene rings is 1. The molecule has 1 aromatic carbocycles. The van der Waals surface area contributed by atoms with E-state index in [-0.39, 0.29) is 11.5 Å². The molecule has 0 aromatic heterocycles. The minimum Gasteiger partial charge on any atom is -0.201 e. The zero-order valence-corrected chi connectivity index (χ0v) is 9.13. The molecule has 0 N–H and O–H groups in total. The highest BCUT2D eigenvalue weighted by Gasteiger charge is 2.46. The van der Waals surface area contributed by atoms with Crippen molar-refractivity contribution < 1.29 is 8.78 Å². The predicted octanol–water partition coefficient (Wildman–Crippen LogP) is 4.00. The topological polar surface area (TPSA) is 0 Å². The highest BCUT2D eigenvalue weighted by molar-refractivity contribution is 5.34. The van der Waals surface area contributed by atoms with Crippen LogP contribution in [0.5, 0.6) is 0 Å². The largest absolute Gasteiger partial charge is 0.276 e. The maximum absolute atomic E-state index is 14.1. The van der Waals surface area contributed by atoms with Crippen LogP contribution in [0.4, 0.5) is 8.78 Å². The summed E-state index contributed by atoms with van der Waals surface area (Å²) in [7, 11) is 0. The van der Waals surface area contributed by atoms with E-state index in [9.17, 15) is 8.78 Å². The van der Waals surface area contributed by atoms with Gasteiger partial charge in [0.2, 0.25) is 0 Å². The van der Waals surface area contributed by atoms with Crippen molar-refractivity contribution in [3.05, 3.63) is 35.4 Å². The molecule has 0 heterocycles. The maximum atomic E-state index is 14.1. The second-order valence-electron chi connectivity index (χ2n) is 4.67. The Bertz CT molecular complexity index is 355. The van der Waals surface area contributed by atoms with Gasteiger partial charge in [0.05, 0.1) is 0 Å². The number of hydrogen-bond donors (Lipinski definition) is 0. The normalized spacial score (nSPS) is 23.9. The average Bonchev–Trinajstić information content (AvgIpc) is 2.17. The zero-order chi connectivity index (χ0) is 11.1. The minimum atomic E-state index is -2.65. The van der Waals surface area contributed by atoms with Crippen molar-refractivity contribution in [1.29, 1.82) is 0 Å². The fraction of sp³-hybridized carbons (Fsp3) is 0.538. The van der Waals surface area contributed by atoms with Gasteiger partial charge in [-0.25, -0.2) is 8.78 Å². The van der Waals surface area contributed by atoms with Crippen molar-refractivity contribution in [1.82, 2.24) is 0 Å². The molecule has 1 unspecified atom stereocenters. The standard InChI is InChI=1S/C13H16F2/c1-9(2)11-8-7-10-5-3-4-6-12(10)13(11,14)15/h3-6,9,11H,7-8H2,1-2H3. The van der Waals surface area contributed by atoms with Crippen LogP contribution in [0.1, 0.15) is 31.4 Å². The molecule has 1 atom stereocenters. The molecule has 0 bridgehead atoms. The van der Waals surface area contributed by atoms with Crippen LogP contribution in [-0.2, 0) is 12.3 Å². The molecule has 0 saturated heterocycles. The van der Waals surface area contributed by atoms with Crippen LogP contribution in [0.25, 0.3) is 0 Å². The van der Waals surface area contributed by atoms with Crippen LogP contribution < -0.4 is 0 Å². The molecule has 2 rings (SSSR count). The summed E-state index contributed by atoms with van der Waals surface area (Å²) in [5.74, 6) is -3.12. The van der Waals surface area contributed by atoms with Crippen LogP contribution in [0.3, 0.4) is 0 Å². The van der Waals surface area contributed by atoms with Crippen LogP contribution in [-0.4, -0.2) is 0 Å². The van der Waals surface area contributed by atoms with E-state index in [1.807, 2.05) is 26.0 Å². The molecule has 1 aromatic rings. The molecule has 1 aliphatic carbocycles. The van der Waals surface area contributed by atoms with E-state index in [0.29, 0.717) is 6.42 Å². The molecule has 0 nitrogen and oxygen atoms in total. The van der Waals surface area contributed by atoms with Gasteiger partial charge < -0.3 is 0 Å². The van der Waals surface area contributed by atoms with Gasteiger partial charge in [-0.2, -0.15) is 0 Å². The molecule has 0 spiro atoms. The van der Waals surface area contributed by atoms with Gasteiger partial charge in [-0.1, -0.05) is 38.1 Å². The van der Waals surface area contributed by atoms with Gasteiger partial charge in [0, 0.05) is 11.5 Å². The summed E-state index contributed by atoms with van der Waals surface area (Å²) in [6, 6.07) is 6.93. The van der Waals surface area contributed by atoms with Gasteiger partial charge in [-0.3, -0.25) is 0 Å². The molecule has 82 valence electrons. The monoisotopic (exact) mass is 210 g/mol. The summed E-state index contributed by atoms with van der Waals surface area (Å²) in [5, 5.41) is 0. The first-order valence-corrected chi connectivity index (χ1v) is 5.49. The van der Waals surface area contributed by atoms with Crippen molar-refractivity contribution in [3.8, 4) is 0 Å². The number of halogens is 2. The van der Waals surface area contributed by atoms with E-state index in [0.717, 1.165) is 12.0 Å². The highest BCUT2D eigenvalue weighted by atomic mass is 19.3. The van der Waals surface area contributed by atoms with Gasteiger partial charge in [0.15, 0.2) is 0 Å². The van der Waals surface area contributed by atoms with Crippen LogP contribution >= 0.6 is 0 Å². The molecule has 0 saturated carbocycles. The third kappa shape index (κ3) is 1.66. The lowest BCUT2D eigenvalue weighted by Gasteiger charge is -2.35. The van der Waals surface area contributed by atoms with Crippen LogP contribution in [0.2, 0.25) is 0 Å². The summed E-state index contributed by atoms with van der Waals surface area (Å²) in [5.41, 5.74) is 1.06. The lowest BCUT2D eigenvalue weighted by Crippen LogP contribution is -2.34. The van der Waals surface area contributed by atoms with E-state index >= 15 is 0 Å². The first kappa shape index (κ1) is 10.6. The third-order valence-electron chi connectivity index (χ3n) is 3.37. The average molecular weight is 210 g/mol. The molecule has 15 heavy (non-hydrogen) atoms. The molecule has 0 aliphatic heterocycles. The lowest BCUT2D eigenvalue weighted by atomic mass is 9.75. The SMILES string of the molecule is CC(C)C1CCc2ccccc2C1(F)F. The number of alkyl halides is 2. The highest BCUT2D eigenvalue weighted by Crippen LogP contribution is 2.47. The van der Waals surface area contributed by atoms with Crippen LogP contribution in [0.15, 0.2) is 24.3 Å². The second kappa shape index (κ2) is 3.58. The van der Waals surface area contributed by atoms with E-state index in [1.165, 1.54) is 0 Å². The van der Waals surface area contributed by atoms with Crippen molar-refractivity contribution in [3.63, 3.8) is 0 Å². The first-order valence-electron chi connectivity index (χ1n) is 5.49. The third-order valence-corrected chi connectivity index (χ3v) is 3.37. The molecular weight excluding hydrogens is 194 g/mol. The first-order chi connectivity index (χ1) is 7.03. The number of hydrogen-bond acceptors (Lipinski definition) is 0. The summed E-state index contributed by atoms with van der Waals surface area (Å²) < 4.78 is 28.2. The molecule has 2 heteroatoms.